The molecule has 0 aromatic rings. The molecule has 2 nitrogen and oxygen atoms in total. The van der Waals surface area contributed by atoms with Crippen molar-refractivity contribution in [1.82, 2.24) is 5.32 Å². The van der Waals surface area contributed by atoms with E-state index < -0.39 is 0 Å². The van der Waals surface area contributed by atoms with Crippen molar-refractivity contribution in [2.45, 2.75) is 32.1 Å². The molecule has 1 heterocycles. The normalized spacial score (nSPS) is 18.1. The highest BCUT2D eigenvalue weighted by Gasteiger charge is 2.15. The van der Waals surface area contributed by atoms with E-state index in [1.54, 1.807) is 0 Å². The molecule has 0 aliphatic carbocycles. The van der Waals surface area contributed by atoms with E-state index in [1.807, 2.05) is 0 Å². The Morgan fingerprint density at radius 2 is 2.15 bits per heavy atom. The third-order valence-corrected chi connectivity index (χ3v) is 2.52. The Hall–Kier alpha value is -0.810. The molecule has 13 heavy (non-hydrogen) atoms. The molecular weight excluding hydrogens is 162 g/mol. The second-order valence-corrected chi connectivity index (χ2v) is 3.64. The fourth-order valence-corrected chi connectivity index (χ4v) is 1.72. The van der Waals surface area contributed by atoms with E-state index in [2.05, 4.69) is 11.2 Å². The standard InChI is InChI=1S/C11H17NO/c1-2-3-4-11(13)9-10-5-7-12-8-6-10/h1,10,12H,3-9H2. The maximum absolute atomic E-state index is 11.4. The summed E-state index contributed by atoms with van der Waals surface area (Å²) in [7, 11) is 0. The topological polar surface area (TPSA) is 29.1 Å². The zero-order chi connectivity index (χ0) is 9.52. The van der Waals surface area contributed by atoms with E-state index in [0.29, 0.717) is 24.5 Å². The van der Waals surface area contributed by atoms with Gasteiger partial charge >= 0.3 is 0 Å². The molecule has 0 amide bonds. The lowest BCUT2D eigenvalue weighted by atomic mass is 9.91. The summed E-state index contributed by atoms with van der Waals surface area (Å²) < 4.78 is 0. The second kappa shape index (κ2) is 5.77. The van der Waals surface area contributed by atoms with E-state index in [1.165, 1.54) is 0 Å². The molecule has 0 unspecified atom stereocenters. The van der Waals surface area contributed by atoms with Crippen molar-refractivity contribution in [3.05, 3.63) is 0 Å². The minimum atomic E-state index is 0.338. The Bertz CT molecular complexity index is 199. The molecule has 0 bridgehead atoms. The van der Waals surface area contributed by atoms with Crippen molar-refractivity contribution in [2.75, 3.05) is 13.1 Å². The van der Waals surface area contributed by atoms with Crippen LogP contribution in [0.25, 0.3) is 0 Å². The molecule has 0 atom stereocenters. The summed E-state index contributed by atoms with van der Waals surface area (Å²) in [6.45, 7) is 2.13. The Morgan fingerprint density at radius 3 is 2.77 bits per heavy atom. The average molecular weight is 179 g/mol. The SMILES string of the molecule is C#CCCC(=O)CC1CCNCC1. The minimum absolute atomic E-state index is 0.338. The fourth-order valence-electron chi connectivity index (χ4n) is 1.72. The maximum Gasteiger partial charge on any atom is 0.134 e. The number of carbonyl (C=O) groups excluding carboxylic acids is 1. The first kappa shape index (κ1) is 10.3. The van der Waals surface area contributed by atoms with Crippen LogP contribution < -0.4 is 5.32 Å². The van der Waals surface area contributed by atoms with Crippen LogP contribution in [-0.2, 0) is 4.79 Å². The smallest absolute Gasteiger partial charge is 0.134 e. The number of carbonyl (C=O) groups is 1. The summed E-state index contributed by atoms with van der Waals surface area (Å²) in [4.78, 5) is 11.4. The van der Waals surface area contributed by atoms with Gasteiger partial charge in [0.05, 0.1) is 0 Å². The van der Waals surface area contributed by atoms with Crippen LogP contribution in [0.5, 0.6) is 0 Å². The minimum Gasteiger partial charge on any atom is -0.317 e. The summed E-state index contributed by atoms with van der Waals surface area (Å²) in [6, 6.07) is 0. The third kappa shape index (κ3) is 4.10. The number of piperidine rings is 1. The molecule has 1 aliphatic rings. The van der Waals surface area contributed by atoms with Crippen molar-refractivity contribution in [3.8, 4) is 12.3 Å². The predicted octanol–water partition coefficient (Wildman–Crippen LogP) is 1.36. The molecular formula is C11H17NO. The van der Waals surface area contributed by atoms with Crippen molar-refractivity contribution >= 4 is 5.78 Å². The highest BCUT2D eigenvalue weighted by atomic mass is 16.1. The number of ketones is 1. The van der Waals surface area contributed by atoms with Gasteiger partial charge in [0.1, 0.15) is 5.78 Å². The lowest BCUT2D eigenvalue weighted by Gasteiger charge is -2.21. The highest BCUT2D eigenvalue weighted by Crippen LogP contribution is 2.17. The van der Waals surface area contributed by atoms with Crippen LogP contribution in [0.1, 0.15) is 32.1 Å². The van der Waals surface area contributed by atoms with Crippen LogP contribution in [0, 0.1) is 18.3 Å². The van der Waals surface area contributed by atoms with E-state index in [4.69, 9.17) is 6.42 Å². The van der Waals surface area contributed by atoms with Crippen LogP contribution in [0.4, 0.5) is 0 Å². The first-order valence-electron chi connectivity index (χ1n) is 4.99. The molecule has 1 N–H and O–H groups in total. The predicted molar refractivity (Wildman–Crippen MR) is 53.3 cm³/mol. The zero-order valence-electron chi connectivity index (χ0n) is 8.01. The number of nitrogens with one attached hydrogen (secondary N) is 1. The summed E-state index contributed by atoms with van der Waals surface area (Å²) in [5, 5.41) is 3.29. The Kier molecular flexibility index (Phi) is 4.56. The molecule has 72 valence electrons. The van der Waals surface area contributed by atoms with Gasteiger partial charge in [-0.15, -0.1) is 12.3 Å². The average Bonchev–Trinajstić information content (AvgIpc) is 2.16. The van der Waals surface area contributed by atoms with Crippen LogP contribution in [0.3, 0.4) is 0 Å². The van der Waals surface area contributed by atoms with Gasteiger partial charge < -0.3 is 5.32 Å². The van der Waals surface area contributed by atoms with Gasteiger partial charge in [-0.05, 0) is 31.8 Å². The van der Waals surface area contributed by atoms with Crippen molar-refractivity contribution in [3.63, 3.8) is 0 Å². The molecule has 0 radical (unpaired) electrons. The van der Waals surface area contributed by atoms with Gasteiger partial charge in [0.25, 0.3) is 0 Å². The summed E-state index contributed by atoms with van der Waals surface area (Å²) >= 11 is 0. The lowest BCUT2D eigenvalue weighted by Crippen LogP contribution is -2.28. The first-order chi connectivity index (χ1) is 6.33. The van der Waals surface area contributed by atoms with Gasteiger partial charge in [-0.1, -0.05) is 0 Å². The van der Waals surface area contributed by atoms with Crippen molar-refractivity contribution < 1.29 is 4.79 Å². The molecule has 1 rings (SSSR count). The van der Waals surface area contributed by atoms with E-state index in [-0.39, 0.29) is 0 Å². The van der Waals surface area contributed by atoms with E-state index >= 15 is 0 Å². The quantitative estimate of drug-likeness (QED) is 0.660. The van der Waals surface area contributed by atoms with Gasteiger partial charge in [0.2, 0.25) is 0 Å². The van der Waals surface area contributed by atoms with Crippen molar-refractivity contribution in [2.24, 2.45) is 5.92 Å². The molecule has 1 aliphatic heterocycles. The van der Waals surface area contributed by atoms with Gasteiger partial charge in [0.15, 0.2) is 0 Å². The molecule has 0 spiro atoms. The van der Waals surface area contributed by atoms with Gasteiger partial charge in [0, 0.05) is 19.3 Å². The molecule has 0 aromatic carbocycles. The first-order valence-corrected chi connectivity index (χ1v) is 4.99. The molecule has 1 fully saturated rings. The van der Waals surface area contributed by atoms with Crippen LogP contribution in [-0.4, -0.2) is 18.9 Å². The Morgan fingerprint density at radius 1 is 1.46 bits per heavy atom. The number of rotatable bonds is 4. The summed E-state index contributed by atoms with van der Waals surface area (Å²) in [5.74, 6) is 3.44. The largest absolute Gasteiger partial charge is 0.317 e. The molecule has 0 aromatic heterocycles. The lowest BCUT2D eigenvalue weighted by molar-refractivity contribution is -0.120. The monoisotopic (exact) mass is 179 g/mol. The Balaban J connectivity index is 2.15. The highest BCUT2D eigenvalue weighted by molar-refractivity contribution is 5.78. The van der Waals surface area contributed by atoms with E-state index in [9.17, 15) is 4.79 Å². The summed E-state index contributed by atoms with van der Waals surface area (Å²) in [6.07, 6.45) is 9.29. The second-order valence-electron chi connectivity index (χ2n) is 3.64. The fraction of sp³-hybridized carbons (Fsp3) is 0.727. The number of hydrogen-bond donors (Lipinski definition) is 1. The van der Waals surface area contributed by atoms with Crippen molar-refractivity contribution in [1.29, 1.82) is 0 Å². The summed E-state index contributed by atoms with van der Waals surface area (Å²) in [5.41, 5.74) is 0. The Labute approximate surface area is 80.1 Å². The van der Waals surface area contributed by atoms with E-state index in [0.717, 1.165) is 32.4 Å². The zero-order valence-corrected chi connectivity index (χ0v) is 8.01. The van der Waals surface area contributed by atoms with Crippen LogP contribution in [0.15, 0.2) is 0 Å². The van der Waals surface area contributed by atoms with Gasteiger partial charge in [-0.3, -0.25) is 4.79 Å². The maximum atomic E-state index is 11.4. The molecule has 0 saturated carbocycles. The molecule has 1 saturated heterocycles. The number of terminal acetylenes is 1. The van der Waals surface area contributed by atoms with Gasteiger partial charge in [-0.25, -0.2) is 0 Å². The van der Waals surface area contributed by atoms with Gasteiger partial charge in [-0.2, -0.15) is 0 Å². The van der Waals surface area contributed by atoms with Crippen LogP contribution in [0.2, 0.25) is 0 Å². The molecule has 2 heteroatoms. The third-order valence-electron chi connectivity index (χ3n) is 2.52. The number of hydrogen-bond acceptors (Lipinski definition) is 2. The number of Topliss-reactive ketones (excluding diaryl/α,β-unsaturated/α-hetero) is 1. The van der Waals surface area contributed by atoms with Crippen LogP contribution >= 0.6 is 0 Å².